The largest absolute Gasteiger partial charge is 0.420 e. The highest BCUT2D eigenvalue weighted by Crippen LogP contribution is 2.29. The van der Waals surface area contributed by atoms with E-state index in [0.29, 0.717) is 29.6 Å². The Balaban J connectivity index is 1.75. The summed E-state index contributed by atoms with van der Waals surface area (Å²) in [4.78, 5) is 14.8. The molecule has 4 rings (SSSR count). The van der Waals surface area contributed by atoms with Crippen molar-refractivity contribution in [1.29, 1.82) is 0 Å². The molecule has 0 fully saturated rings. The monoisotopic (exact) mass is 391 g/mol. The van der Waals surface area contributed by atoms with Gasteiger partial charge in [0.15, 0.2) is 0 Å². The molecule has 0 atom stereocenters. The molecule has 1 aromatic carbocycles. The molecule has 0 N–H and O–H groups in total. The lowest BCUT2D eigenvalue weighted by Crippen LogP contribution is -2.33. The van der Waals surface area contributed by atoms with Gasteiger partial charge in [0.1, 0.15) is 5.69 Å². The topological polar surface area (TPSA) is 77.1 Å². The van der Waals surface area contributed by atoms with E-state index >= 15 is 0 Å². The van der Waals surface area contributed by atoms with Crippen molar-refractivity contribution in [2.75, 3.05) is 13.1 Å². The SMILES string of the molecule is Cc1nnc(-c2cc(C(C)(C)C)n(-c3cccc(C(=O)N4CC=CCC4)c3)n2)o1. The van der Waals surface area contributed by atoms with Crippen molar-refractivity contribution in [2.24, 2.45) is 0 Å². The summed E-state index contributed by atoms with van der Waals surface area (Å²) in [6.45, 7) is 9.52. The van der Waals surface area contributed by atoms with Crippen LogP contribution in [0.25, 0.3) is 17.3 Å². The number of benzene rings is 1. The van der Waals surface area contributed by atoms with Crippen molar-refractivity contribution in [3.8, 4) is 17.3 Å². The van der Waals surface area contributed by atoms with Gasteiger partial charge in [-0.3, -0.25) is 4.79 Å². The summed E-state index contributed by atoms with van der Waals surface area (Å²) in [6, 6.07) is 9.57. The lowest BCUT2D eigenvalue weighted by molar-refractivity contribution is 0.0771. The van der Waals surface area contributed by atoms with Crippen molar-refractivity contribution < 1.29 is 9.21 Å². The summed E-state index contributed by atoms with van der Waals surface area (Å²) in [6.07, 6.45) is 5.04. The summed E-state index contributed by atoms with van der Waals surface area (Å²) < 4.78 is 7.43. The predicted octanol–water partition coefficient (Wildman–Crippen LogP) is 3.93. The Morgan fingerprint density at radius 3 is 2.62 bits per heavy atom. The van der Waals surface area contributed by atoms with E-state index in [1.807, 2.05) is 46.0 Å². The van der Waals surface area contributed by atoms with Crippen LogP contribution in [0.15, 0.2) is 46.9 Å². The third kappa shape index (κ3) is 3.85. The second-order valence-electron chi connectivity index (χ2n) is 8.26. The van der Waals surface area contributed by atoms with E-state index in [0.717, 1.165) is 24.3 Å². The quantitative estimate of drug-likeness (QED) is 0.632. The smallest absolute Gasteiger partial charge is 0.268 e. The molecule has 7 nitrogen and oxygen atoms in total. The molecule has 0 saturated heterocycles. The fraction of sp³-hybridized carbons (Fsp3) is 0.364. The number of amides is 1. The molecule has 3 heterocycles. The normalized spacial score (nSPS) is 14.4. The van der Waals surface area contributed by atoms with Crippen LogP contribution in [-0.4, -0.2) is 43.9 Å². The Morgan fingerprint density at radius 2 is 1.97 bits per heavy atom. The van der Waals surface area contributed by atoms with Gasteiger partial charge in [-0.25, -0.2) is 4.68 Å². The molecule has 0 aliphatic carbocycles. The van der Waals surface area contributed by atoms with Crippen LogP contribution >= 0.6 is 0 Å². The molecule has 150 valence electrons. The zero-order valence-electron chi connectivity index (χ0n) is 17.2. The molecule has 0 bridgehead atoms. The highest BCUT2D eigenvalue weighted by atomic mass is 16.4. The number of hydrogen-bond acceptors (Lipinski definition) is 5. The van der Waals surface area contributed by atoms with Gasteiger partial charge in [0.2, 0.25) is 5.89 Å². The second kappa shape index (κ2) is 7.31. The van der Waals surface area contributed by atoms with Crippen LogP contribution < -0.4 is 0 Å². The molecule has 0 unspecified atom stereocenters. The summed E-state index contributed by atoms with van der Waals surface area (Å²) in [7, 11) is 0. The Kier molecular flexibility index (Phi) is 4.82. The first-order valence-corrected chi connectivity index (χ1v) is 9.79. The van der Waals surface area contributed by atoms with E-state index < -0.39 is 0 Å². The number of rotatable bonds is 3. The van der Waals surface area contributed by atoms with Gasteiger partial charge in [0.25, 0.3) is 11.8 Å². The standard InChI is InChI=1S/C22H25N5O2/c1-15-23-24-20(29-15)18-14-19(22(2,3)4)27(25-18)17-10-8-9-16(13-17)21(28)26-11-6-5-7-12-26/h5-6,8-10,13-14H,7,11-12H2,1-4H3. The van der Waals surface area contributed by atoms with Crippen LogP contribution in [0.5, 0.6) is 0 Å². The van der Waals surface area contributed by atoms with Crippen LogP contribution in [0, 0.1) is 6.92 Å². The van der Waals surface area contributed by atoms with Gasteiger partial charge in [0, 0.05) is 31.0 Å². The van der Waals surface area contributed by atoms with Gasteiger partial charge in [-0.15, -0.1) is 10.2 Å². The third-order valence-corrected chi connectivity index (χ3v) is 4.91. The minimum Gasteiger partial charge on any atom is -0.420 e. The van der Waals surface area contributed by atoms with E-state index in [-0.39, 0.29) is 11.3 Å². The molecule has 0 radical (unpaired) electrons. The summed E-state index contributed by atoms with van der Waals surface area (Å²) in [5.74, 6) is 0.919. The van der Waals surface area contributed by atoms with Gasteiger partial charge in [-0.1, -0.05) is 39.0 Å². The lowest BCUT2D eigenvalue weighted by Gasteiger charge is -2.24. The molecule has 1 aliphatic rings. The van der Waals surface area contributed by atoms with Gasteiger partial charge < -0.3 is 9.32 Å². The number of carbonyl (C=O) groups excluding carboxylic acids is 1. The van der Waals surface area contributed by atoms with E-state index in [1.54, 1.807) is 6.92 Å². The zero-order valence-corrected chi connectivity index (χ0v) is 17.2. The number of aromatic nitrogens is 4. The summed E-state index contributed by atoms with van der Waals surface area (Å²) >= 11 is 0. The molecule has 7 heteroatoms. The summed E-state index contributed by atoms with van der Waals surface area (Å²) in [5.41, 5.74) is 2.93. The van der Waals surface area contributed by atoms with E-state index in [2.05, 4.69) is 37.0 Å². The molecular weight excluding hydrogens is 366 g/mol. The molecule has 1 amide bonds. The molecule has 29 heavy (non-hydrogen) atoms. The van der Waals surface area contributed by atoms with Crippen LogP contribution in [0.1, 0.15) is 49.1 Å². The van der Waals surface area contributed by atoms with Crippen LogP contribution in [0.4, 0.5) is 0 Å². The number of aryl methyl sites for hydroxylation is 1. The average Bonchev–Trinajstić information content (AvgIpc) is 3.34. The zero-order chi connectivity index (χ0) is 20.6. The number of nitrogens with zero attached hydrogens (tertiary/aromatic N) is 5. The van der Waals surface area contributed by atoms with E-state index in [4.69, 9.17) is 9.52 Å². The Morgan fingerprint density at radius 1 is 1.14 bits per heavy atom. The highest BCUT2D eigenvalue weighted by Gasteiger charge is 2.25. The van der Waals surface area contributed by atoms with E-state index in [1.165, 1.54) is 0 Å². The first-order chi connectivity index (χ1) is 13.8. The fourth-order valence-corrected chi connectivity index (χ4v) is 3.40. The van der Waals surface area contributed by atoms with Crippen molar-refractivity contribution in [2.45, 2.75) is 39.5 Å². The maximum Gasteiger partial charge on any atom is 0.268 e. The van der Waals surface area contributed by atoms with E-state index in [9.17, 15) is 4.79 Å². The lowest BCUT2D eigenvalue weighted by atomic mass is 9.91. The second-order valence-corrected chi connectivity index (χ2v) is 8.26. The van der Waals surface area contributed by atoms with Gasteiger partial charge >= 0.3 is 0 Å². The first kappa shape index (κ1) is 19.1. The minimum absolute atomic E-state index is 0.0356. The Bertz CT molecular complexity index is 1070. The van der Waals surface area contributed by atoms with Crippen LogP contribution in [0.2, 0.25) is 0 Å². The third-order valence-electron chi connectivity index (χ3n) is 4.91. The molecule has 2 aromatic heterocycles. The predicted molar refractivity (Wildman–Crippen MR) is 110 cm³/mol. The fourth-order valence-electron chi connectivity index (χ4n) is 3.40. The molecule has 1 aliphatic heterocycles. The van der Waals surface area contributed by atoms with Gasteiger partial charge in [-0.2, -0.15) is 5.10 Å². The maximum absolute atomic E-state index is 12.9. The highest BCUT2D eigenvalue weighted by molar-refractivity contribution is 5.95. The molecule has 0 saturated carbocycles. The first-order valence-electron chi connectivity index (χ1n) is 9.79. The minimum atomic E-state index is -0.169. The van der Waals surface area contributed by atoms with Crippen molar-refractivity contribution >= 4 is 5.91 Å². The Hall–Kier alpha value is -3.22. The van der Waals surface area contributed by atoms with Crippen molar-refractivity contribution in [1.82, 2.24) is 24.9 Å². The van der Waals surface area contributed by atoms with Crippen LogP contribution in [-0.2, 0) is 5.41 Å². The van der Waals surface area contributed by atoms with Gasteiger partial charge in [-0.05, 0) is 30.7 Å². The van der Waals surface area contributed by atoms with Crippen molar-refractivity contribution in [3.63, 3.8) is 0 Å². The molecule has 3 aromatic rings. The van der Waals surface area contributed by atoms with Gasteiger partial charge in [0.05, 0.1) is 11.4 Å². The number of hydrogen-bond donors (Lipinski definition) is 0. The maximum atomic E-state index is 12.9. The van der Waals surface area contributed by atoms with Crippen LogP contribution in [0.3, 0.4) is 0 Å². The van der Waals surface area contributed by atoms with Crippen molar-refractivity contribution in [3.05, 3.63) is 59.6 Å². The number of carbonyl (C=O) groups is 1. The molecule has 0 spiro atoms. The molecular formula is C22H25N5O2. The Labute approximate surface area is 170 Å². The average molecular weight is 391 g/mol. The summed E-state index contributed by atoms with van der Waals surface area (Å²) in [5, 5.41) is 12.7.